The summed E-state index contributed by atoms with van der Waals surface area (Å²) >= 11 is 0. The molecule has 1 rings (SSSR count). The van der Waals surface area contributed by atoms with E-state index in [0.29, 0.717) is 0 Å². The highest BCUT2D eigenvalue weighted by molar-refractivity contribution is 5.51. The highest BCUT2D eigenvalue weighted by Crippen LogP contribution is 2.44. The number of benzene rings is 1. The highest BCUT2D eigenvalue weighted by Gasteiger charge is 2.39. The summed E-state index contributed by atoms with van der Waals surface area (Å²) in [6, 6.07) is 1.90. The molecule has 1 aromatic carbocycles. The zero-order valence-electron chi connectivity index (χ0n) is 16.4. The molecule has 7 heteroatoms. The van der Waals surface area contributed by atoms with Gasteiger partial charge in [-0.15, -0.1) is 0 Å². The molecule has 1 aromatic rings. The quantitative estimate of drug-likeness (QED) is 0.249. The maximum atomic E-state index is 13.1. The number of aliphatic hydroxyl groups is 1. The Morgan fingerprint density at radius 2 is 1.61 bits per heavy atom. The van der Waals surface area contributed by atoms with Crippen LogP contribution in [-0.2, 0) is 6.18 Å². The third-order valence-corrected chi connectivity index (χ3v) is 4.60. The van der Waals surface area contributed by atoms with Crippen molar-refractivity contribution in [3.63, 3.8) is 0 Å². The lowest BCUT2D eigenvalue weighted by molar-refractivity contribution is -0.140. The maximum absolute atomic E-state index is 13.1. The van der Waals surface area contributed by atoms with E-state index >= 15 is 0 Å². The van der Waals surface area contributed by atoms with Gasteiger partial charge in [-0.25, -0.2) is 0 Å². The number of phenols is 2. The van der Waals surface area contributed by atoms with Crippen molar-refractivity contribution in [2.24, 2.45) is 0 Å². The number of allylic oxidation sites excluding steroid dienone is 1. The van der Waals surface area contributed by atoms with Crippen LogP contribution in [0.2, 0.25) is 0 Å². The van der Waals surface area contributed by atoms with E-state index in [2.05, 4.69) is 12.2 Å². The molecule has 0 saturated carbocycles. The third kappa shape index (κ3) is 8.42. The average molecular weight is 403 g/mol. The van der Waals surface area contributed by atoms with Gasteiger partial charge >= 0.3 is 6.18 Å². The van der Waals surface area contributed by atoms with Gasteiger partial charge in [0, 0.05) is 6.54 Å². The molecule has 0 amide bonds. The van der Waals surface area contributed by atoms with Crippen LogP contribution in [0.15, 0.2) is 24.4 Å². The minimum Gasteiger partial charge on any atom is -0.504 e. The van der Waals surface area contributed by atoms with Crippen molar-refractivity contribution in [3.05, 3.63) is 35.5 Å². The first kappa shape index (κ1) is 24.1. The Bertz CT molecular complexity index is 603. The number of hydrogen-bond donors (Lipinski definition) is 4. The van der Waals surface area contributed by atoms with Crippen molar-refractivity contribution in [2.45, 2.75) is 77.0 Å². The molecule has 0 aliphatic heterocycles. The first-order valence-corrected chi connectivity index (χ1v) is 9.97. The van der Waals surface area contributed by atoms with Crippen LogP contribution >= 0.6 is 0 Å². The summed E-state index contributed by atoms with van der Waals surface area (Å²) < 4.78 is 39.3. The molecule has 4 nitrogen and oxygen atoms in total. The van der Waals surface area contributed by atoms with Crippen LogP contribution in [-0.4, -0.2) is 21.9 Å². The summed E-state index contributed by atoms with van der Waals surface area (Å²) in [4.78, 5) is 0. The van der Waals surface area contributed by atoms with Crippen molar-refractivity contribution >= 4 is 0 Å². The summed E-state index contributed by atoms with van der Waals surface area (Å²) in [6.45, 7) is 2.06. The van der Waals surface area contributed by atoms with Gasteiger partial charge in [-0.2, -0.15) is 13.2 Å². The zero-order valence-corrected chi connectivity index (χ0v) is 16.4. The summed E-state index contributed by atoms with van der Waals surface area (Å²) in [5.41, 5.74) is -1.89. The van der Waals surface area contributed by atoms with Gasteiger partial charge in [0.2, 0.25) is 0 Å². The van der Waals surface area contributed by atoms with Crippen LogP contribution < -0.4 is 5.32 Å². The fourth-order valence-electron chi connectivity index (χ4n) is 3.02. The molecule has 0 spiro atoms. The van der Waals surface area contributed by atoms with Gasteiger partial charge in [-0.05, 0) is 30.7 Å². The molecule has 0 aliphatic carbocycles. The van der Waals surface area contributed by atoms with Gasteiger partial charge in [0.1, 0.15) is 5.56 Å². The predicted octanol–water partition coefficient (Wildman–Crippen LogP) is 5.78. The second-order valence-corrected chi connectivity index (χ2v) is 6.99. The Morgan fingerprint density at radius 1 is 1.00 bits per heavy atom. The molecular formula is C21H32F3NO3. The van der Waals surface area contributed by atoms with E-state index in [9.17, 15) is 28.5 Å². The SMILES string of the molecule is CCCCCCCCCCC=CNCC(O)c1ccc(O)c(O)c1C(F)(F)F. The second kappa shape index (κ2) is 12.5. The largest absolute Gasteiger partial charge is 0.504 e. The number of alkyl halides is 3. The smallest absolute Gasteiger partial charge is 0.420 e. The number of aliphatic hydroxyl groups excluding tert-OH is 1. The Kier molecular flexibility index (Phi) is 10.8. The summed E-state index contributed by atoms with van der Waals surface area (Å²) in [7, 11) is 0. The Balaban J connectivity index is 2.35. The lowest BCUT2D eigenvalue weighted by Crippen LogP contribution is -2.20. The molecule has 28 heavy (non-hydrogen) atoms. The number of unbranched alkanes of at least 4 members (excludes halogenated alkanes) is 8. The van der Waals surface area contributed by atoms with E-state index in [0.717, 1.165) is 31.4 Å². The van der Waals surface area contributed by atoms with Crippen LogP contribution in [0.25, 0.3) is 0 Å². The molecule has 0 radical (unpaired) electrons. The summed E-state index contributed by atoms with van der Waals surface area (Å²) in [6.07, 6.45) is 7.84. The van der Waals surface area contributed by atoms with Gasteiger partial charge in [0.05, 0.1) is 6.10 Å². The number of halogens is 3. The minimum atomic E-state index is -4.88. The molecule has 0 bridgehead atoms. The zero-order chi connectivity index (χ0) is 21.0. The topological polar surface area (TPSA) is 72.7 Å². The summed E-state index contributed by atoms with van der Waals surface area (Å²) in [5.74, 6) is -2.14. The Morgan fingerprint density at radius 3 is 2.21 bits per heavy atom. The van der Waals surface area contributed by atoms with Gasteiger partial charge in [-0.3, -0.25) is 0 Å². The van der Waals surface area contributed by atoms with Crippen molar-refractivity contribution in [2.75, 3.05) is 6.54 Å². The third-order valence-electron chi connectivity index (χ3n) is 4.60. The van der Waals surface area contributed by atoms with Gasteiger partial charge < -0.3 is 20.6 Å². The van der Waals surface area contributed by atoms with E-state index in [4.69, 9.17) is 0 Å². The molecule has 1 atom stereocenters. The Hall–Kier alpha value is -1.89. The fraction of sp³-hybridized carbons (Fsp3) is 0.619. The van der Waals surface area contributed by atoms with E-state index in [1.165, 1.54) is 38.5 Å². The molecule has 4 N–H and O–H groups in total. The number of hydrogen-bond acceptors (Lipinski definition) is 4. The standard InChI is InChI=1S/C21H32F3NO3/c1-2-3-4-5-6-7-8-9-10-11-14-25-15-18(27)16-12-13-17(26)20(28)19(16)21(22,23)24/h11-14,18,25-28H,2-10,15H2,1H3. The Labute approximate surface area is 165 Å². The van der Waals surface area contributed by atoms with Gasteiger partial charge in [-0.1, -0.05) is 64.0 Å². The van der Waals surface area contributed by atoms with Crippen molar-refractivity contribution in [3.8, 4) is 11.5 Å². The molecule has 160 valence electrons. The number of nitrogens with one attached hydrogen (secondary N) is 1. The average Bonchev–Trinajstić information content (AvgIpc) is 2.63. The fourth-order valence-corrected chi connectivity index (χ4v) is 3.02. The van der Waals surface area contributed by atoms with Crippen molar-refractivity contribution in [1.29, 1.82) is 0 Å². The normalized spacial score (nSPS) is 13.2. The number of phenolic OH excluding ortho intramolecular Hbond substituents is 2. The van der Waals surface area contributed by atoms with Gasteiger partial charge in [0.25, 0.3) is 0 Å². The van der Waals surface area contributed by atoms with E-state index < -0.39 is 34.9 Å². The van der Waals surface area contributed by atoms with E-state index in [1.54, 1.807) is 6.20 Å². The van der Waals surface area contributed by atoms with E-state index in [-0.39, 0.29) is 6.54 Å². The molecular weight excluding hydrogens is 371 g/mol. The predicted molar refractivity (Wildman–Crippen MR) is 104 cm³/mol. The van der Waals surface area contributed by atoms with Crippen molar-refractivity contribution < 1.29 is 28.5 Å². The number of rotatable bonds is 13. The van der Waals surface area contributed by atoms with E-state index in [1.807, 2.05) is 6.08 Å². The lowest BCUT2D eigenvalue weighted by Gasteiger charge is -2.19. The second-order valence-electron chi connectivity index (χ2n) is 6.99. The molecule has 0 aliphatic rings. The first-order valence-electron chi connectivity index (χ1n) is 9.97. The van der Waals surface area contributed by atoms with Crippen LogP contribution in [0.5, 0.6) is 11.5 Å². The monoisotopic (exact) mass is 403 g/mol. The summed E-state index contributed by atoms with van der Waals surface area (Å²) in [5, 5.41) is 31.7. The highest BCUT2D eigenvalue weighted by atomic mass is 19.4. The van der Waals surface area contributed by atoms with Crippen LogP contribution in [0, 0.1) is 0 Å². The number of aromatic hydroxyl groups is 2. The first-order chi connectivity index (χ1) is 13.3. The molecule has 1 unspecified atom stereocenters. The lowest BCUT2D eigenvalue weighted by atomic mass is 10.00. The molecule has 0 heterocycles. The molecule has 0 aromatic heterocycles. The molecule has 0 saturated heterocycles. The van der Waals surface area contributed by atoms with Crippen LogP contribution in [0.3, 0.4) is 0 Å². The van der Waals surface area contributed by atoms with Gasteiger partial charge in [0.15, 0.2) is 11.5 Å². The minimum absolute atomic E-state index is 0.138. The van der Waals surface area contributed by atoms with Crippen LogP contribution in [0.4, 0.5) is 13.2 Å². The molecule has 0 fully saturated rings. The maximum Gasteiger partial charge on any atom is 0.420 e. The van der Waals surface area contributed by atoms with Crippen LogP contribution in [0.1, 0.15) is 81.9 Å². The van der Waals surface area contributed by atoms with Crippen molar-refractivity contribution in [1.82, 2.24) is 5.32 Å².